The smallest absolute Gasteiger partial charge is 0.268 e. The van der Waals surface area contributed by atoms with Gasteiger partial charge in [0.25, 0.3) is 11.1 Å². The molecule has 8 nitrogen and oxygen atoms in total. The molecule has 0 spiro atoms. The van der Waals surface area contributed by atoms with Gasteiger partial charge < -0.3 is 19.7 Å². The fraction of sp³-hybridized carbons (Fsp3) is 0.250. The summed E-state index contributed by atoms with van der Waals surface area (Å²) in [6.45, 7) is 6.32. The quantitative estimate of drug-likeness (QED) is 0.206. The Labute approximate surface area is 217 Å². The number of aromatic nitrogens is 4. The third-order valence-corrected chi connectivity index (χ3v) is 6.89. The van der Waals surface area contributed by atoms with Crippen molar-refractivity contribution < 1.29 is 9.47 Å². The first-order chi connectivity index (χ1) is 16.3. The first-order valence-electron chi connectivity index (χ1n) is 10.7. The van der Waals surface area contributed by atoms with Crippen LogP contribution < -0.4 is 20.6 Å². The number of hydrogen-bond acceptors (Lipinski definition) is 4. The molecular formula is C24H24BrIN4O4. The molecule has 0 atom stereocenters. The van der Waals surface area contributed by atoms with Crippen molar-refractivity contribution >= 4 is 38.5 Å². The topological polar surface area (TPSA) is 116 Å². The van der Waals surface area contributed by atoms with E-state index in [0.717, 1.165) is 19.2 Å². The third-order valence-electron chi connectivity index (χ3n) is 5.56. The van der Waals surface area contributed by atoms with Gasteiger partial charge in [-0.2, -0.15) is 0 Å². The minimum Gasteiger partial charge on any atom is -0.490 e. The van der Waals surface area contributed by atoms with Crippen molar-refractivity contribution in [2.45, 2.75) is 33.3 Å². The van der Waals surface area contributed by atoms with E-state index < -0.39 is 5.92 Å². The van der Waals surface area contributed by atoms with Crippen molar-refractivity contribution in [3.8, 4) is 11.5 Å². The summed E-state index contributed by atoms with van der Waals surface area (Å²) >= 11 is 5.65. The monoisotopic (exact) mass is 638 g/mol. The second kappa shape index (κ2) is 10.3. The fourth-order valence-electron chi connectivity index (χ4n) is 3.98. The van der Waals surface area contributed by atoms with E-state index in [1.165, 1.54) is 0 Å². The van der Waals surface area contributed by atoms with E-state index in [2.05, 4.69) is 58.9 Å². The number of hydrogen-bond donors (Lipinski definition) is 4. The molecule has 0 amide bonds. The van der Waals surface area contributed by atoms with Gasteiger partial charge in [-0.15, -0.1) is 0 Å². The number of halogens is 2. The SMILES string of the molecule is CCOc1cc(C(c2c(C)[nH][nH]c2=O)c2c(C)[nH][nH]c2=O)cc(I)c1OCc1ccc(Br)cc1. The van der Waals surface area contributed by atoms with Gasteiger partial charge >= 0.3 is 0 Å². The van der Waals surface area contributed by atoms with Gasteiger partial charge in [0, 0.05) is 21.8 Å². The summed E-state index contributed by atoms with van der Waals surface area (Å²) in [5, 5.41) is 11.0. The highest BCUT2D eigenvalue weighted by Crippen LogP contribution is 2.40. The van der Waals surface area contributed by atoms with Crippen molar-refractivity contribution in [1.82, 2.24) is 20.4 Å². The van der Waals surface area contributed by atoms with Crippen LogP contribution in [0.2, 0.25) is 0 Å². The van der Waals surface area contributed by atoms with Gasteiger partial charge in [-0.25, -0.2) is 0 Å². The maximum absolute atomic E-state index is 12.7. The predicted molar refractivity (Wildman–Crippen MR) is 142 cm³/mol. The minimum atomic E-state index is -0.599. The summed E-state index contributed by atoms with van der Waals surface area (Å²) in [5.41, 5.74) is 3.52. The van der Waals surface area contributed by atoms with Crippen LogP contribution in [0.3, 0.4) is 0 Å². The standard InChI is InChI=1S/C24H24BrIN4O4/c1-4-33-18-10-15(9-17(26)22(18)34-11-14-5-7-16(25)8-6-14)21(19-12(2)27-29-23(19)31)20-13(3)28-30-24(20)32/h5-10,21H,4,11H2,1-3H3,(H2,27,29,31)(H2,28,30,32). The van der Waals surface area contributed by atoms with Crippen molar-refractivity contribution in [2.75, 3.05) is 6.61 Å². The fourth-order valence-corrected chi connectivity index (χ4v) is 5.02. The molecule has 2 aromatic carbocycles. The highest BCUT2D eigenvalue weighted by molar-refractivity contribution is 14.1. The van der Waals surface area contributed by atoms with E-state index >= 15 is 0 Å². The van der Waals surface area contributed by atoms with Crippen molar-refractivity contribution in [1.29, 1.82) is 0 Å². The first kappa shape index (κ1) is 24.4. The van der Waals surface area contributed by atoms with Crippen molar-refractivity contribution in [3.05, 3.63) is 98.8 Å². The maximum atomic E-state index is 12.7. The molecular weight excluding hydrogens is 615 g/mol. The van der Waals surface area contributed by atoms with Gasteiger partial charge in [0.1, 0.15) is 6.61 Å². The van der Waals surface area contributed by atoms with E-state index in [1.807, 2.05) is 43.3 Å². The number of benzene rings is 2. The molecule has 0 fully saturated rings. The van der Waals surface area contributed by atoms with Crippen LogP contribution in [0.5, 0.6) is 11.5 Å². The lowest BCUT2D eigenvalue weighted by Crippen LogP contribution is -2.20. The zero-order valence-corrected chi connectivity index (χ0v) is 22.6. The largest absolute Gasteiger partial charge is 0.490 e. The molecule has 0 bridgehead atoms. The van der Waals surface area contributed by atoms with Crippen molar-refractivity contribution in [2.24, 2.45) is 0 Å². The van der Waals surface area contributed by atoms with Crippen LogP contribution in [0, 0.1) is 17.4 Å². The van der Waals surface area contributed by atoms with E-state index in [0.29, 0.717) is 47.2 Å². The second-order valence-corrected chi connectivity index (χ2v) is 9.92. The first-order valence-corrected chi connectivity index (χ1v) is 12.5. The van der Waals surface area contributed by atoms with Gasteiger partial charge in [-0.1, -0.05) is 28.1 Å². The zero-order chi connectivity index (χ0) is 24.4. The lowest BCUT2D eigenvalue weighted by atomic mass is 9.85. The van der Waals surface area contributed by atoms with Crippen LogP contribution in [0.1, 0.15) is 46.5 Å². The molecule has 10 heteroatoms. The van der Waals surface area contributed by atoms with Gasteiger partial charge in [-0.05, 0) is 78.8 Å². The van der Waals surface area contributed by atoms with Crippen LogP contribution in [-0.2, 0) is 6.61 Å². The summed E-state index contributed by atoms with van der Waals surface area (Å²) in [6.07, 6.45) is 0. The van der Waals surface area contributed by atoms with Gasteiger partial charge in [0.2, 0.25) is 0 Å². The summed E-state index contributed by atoms with van der Waals surface area (Å²) in [4.78, 5) is 25.5. The summed E-state index contributed by atoms with van der Waals surface area (Å²) < 4.78 is 13.9. The molecule has 34 heavy (non-hydrogen) atoms. The molecule has 0 unspecified atom stereocenters. The van der Waals surface area contributed by atoms with Crippen LogP contribution in [-0.4, -0.2) is 27.0 Å². The molecule has 178 valence electrons. The number of aromatic amines is 4. The average molecular weight is 639 g/mol. The van der Waals surface area contributed by atoms with E-state index in [9.17, 15) is 9.59 Å². The molecule has 2 aromatic heterocycles. The Balaban J connectivity index is 1.82. The van der Waals surface area contributed by atoms with E-state index in [1.54, 1.807) is 13.8 Å². The molecule has 4 N–H and O–H groups in total. The highest BCUT2D eigenvalue weighted by atomic mass is 127. The second-order valence-electron chi connectivity index (χ2n) is 7.85. The zero-order valence-electron chi connectivity index (χ0n) is 18.8. The normalized spacial score (nSPS) is 11.2. The lowest BCUT2D eigenvalue weighted by Gasteiger charge is -2.20. The molecule has 0 aliphatic carbocycles. The van der Waals surface area contributed by atoms with Gasteiger partial charge in [0.05, 0.1) is 21.3 Å². The molecule has 4 aromatic rings. The Kier molecular flexibility index (Phi) is 7.36. The summed E-state index contributed by atoms with van der Waals surface area (Å²) in [5.74, 6) is 0.575. The molecule has 0 saturated carbocycles. The Morgan fingerprint density at radius 1 is 0.912 bits per heavy atom. The average Bonchev–Trinajstić information content (AvgIpc) is 3.31. The maximum Gasteiger partial charge on any atom is 0.268 e. The number of ether oxygens (including phenoxy) is 2. The van der Waals surface area contributed by atoms with E-state index in [-0.39, 0.29) is 11.1 Å². The third kappa shape index (κ3) is 4.88. The van der Waals surface area contributed by atoms with Crippen LogP contribution >= 0.6 is 38.5 Å². The summed E-state index contributed by atoms with van der Waals surface area (Å²) in [7, 11) is 0. The van der Waals surface area contributed by atoms with E-state index in [4.69, 9.17) is 9.47 Å². The Bertz CT molecular complexity index is 1360. The highest BCUT2D eigenvalue weighted by Gasteiger charge is 2.29. The Morgan fingerprint density at radius 2 is 1.50 bits per heavy atom. The van der Waals surface area contributed by atoms with Crippen LogP contribution in [0.15, 0.2) is 50.5 Å². The lowest BCUT2D eigenvalue weighted by molar-refractivity contribution is 0.267. The number of rotatable bonds is 8. The molecule has 4 rings (SSSR count). The van der Waals surface area contributed by atoms with Crippen LogP contribution in [0.25, 0.3) is 0 Å². The molecule has 0 radical (unpaired) electrons. The molecule has 0 aliphatic rings. The van der Waals surface area contributed by atoms with Crippen molar-refractivity contribution in [3.63, 3.8) is 0 Å². The molecule has 2 heterocycles. The summed E-state index contributed by atoms with van der Waals surface area (Å²) in [6, 6.07) is 11.7. The minimum absolute atomic E-state index is 0.272. The van der Waals surface area contributed by atoms with Crippen LogP contribution in [0.4, 0.5) is 0 Å². The molecule has 0 aliphatic heterocycles. The molecule has 0 saturated heterocycles. The predicted octanol–water partition coefficient (Wildman–Crippen LogP) is 4.86. The van der Waals surface area contributed by atoms with Gasteiger partial charge in [0.15, 0.2) is 11.5 Å². The number of H-pyrrole nitrogens is 4. The van der Waals surface area contributed by atoms with Gasteiger partial charge in [-0.3, -0.25) is 19.8 Å². The number of nitrogens with one attached hydrogen (secondary N) is 4. The number of aryl methyl sites for hydroxylation is 2. The Morgan fingerprint density at radius 3 is 2.00 bits per heavy atom. The Hall–Kier alpha value is -2.73.